The van der Waals surface area contributed by atoms with Gasteiger partial charge in [0.1, 0.15) is 6.04 Å². The minimum Gasteiger partial charge on any atom is -0.494 e. The molecule has 0 saturated heterocycles. The van der Waals surface area contributed by atoms with Crippen molar-refractivity contribution in [3.8, 4) is 5.75 Å². The number of benzene rings is 1. The summed E-state index contributed by atoms with van der Waals surface area (Å²) in [5.74, 6) is -1.54. The Kier molecular flexibility index (Phi) is 5.95. The third-order valence-corrected chi connectivity index (χ3v) is 2.72. The molecule has 0 aromatic heterocycles. The van der Waals surface area contributed by atoms with Gasteiger partial charge in [-0.15, -0.1) is 0 Å². The number of hydrogen-bond acceptors (Lipinski definition) is 3. The van der Waals surface area contributed by atoms with Gasteiger partial charge in [-0.05, 0) is 24.5 Å². The number of amides is 2. The maximum atomic E-state index is 13.2. The van der Waals surface area contributed by atoms with Crippen LogP contribution in [0.3, 0.4) is 0 Å². The molecule has 0 aliphatic heterocycles. The fraction of sp³-hybridized carbons (Fsp3) is 0.429. The first kappa shape index (κ1) is 16.7. The summed E-state index contributed by atoms with van der Waals surface area (Å²) in [6.07, 6.45) is 0.315. The Morgan fingerprint density at radius 1 is 1.38 bits per heavy atom. The number of aliphatic carboxylic acids is 1. The summed E-state index contributed by atoms with van der Waals surface area (Å²) in [6, 6.07) is 2.17. The van der Waals surface area contributed by atoms with E-state index in [1.807, 2.05) is 13.8 Å². The second-order valence-corrected chi connectivity index (χ2v) is 4.97. The number of carbonyl (C=O) groups excluding carboxylic acids is 1. The molecule has 0 heterocycles. The predicted molar refractivity (Wildman–Crippen MR) is 76.0 cm³/mol. The third-order valence-electron chi connectivity index (χ3n) is 2.72. The van der Waals surface area contributed by atoms with Gasteiger partial charge in [0.2, 0.25) is 0 Å². The molecule has 0 aliphatic rings. The lowest BCUT2D eigenvalue weighted by Crippen LogP contribution is -2.43. The summed E-state index contributed by atoms with van der Waals surface area (Å²) in [7, 11) is 1.31. The summed E-state index contributed by atoms with van der Waals surface area (Å²) in [5, 5.41) is 13.9. The number of urea groups is 1. The fourth-order valence-electron chi connectivity index (χ4n) is 1.76. The third kappa shape index (κ3) is 5.29. The van der Waals surface area contributed by atoms with Gasteiger partial charge in [0.05, 0.1) is 7.11 Å². The van der Waals surface area contributed by atoms with Gasteiger partial charge in [-0.2, -0.15) is 0 Å². The van der Waals surface area contributed by atoms with Crippen LogP contribution in [0.1, 0.15) is 20.3 Å². The maximum Gasteiger partial charge on any atom is 0.326 e. The molecule has 6 nitrogen and oxygen atoms in total. The SMILES string of the molecule is COc1cc(NC(=O)N[C@@H](CC(C)C)C(=O)O)ccc1F. The van der Waals surface area contributed by atoms with Crippen molar-refractivity contribution in [1.29, 1.82) is 0 Å². The number of anilines is 1. The van der Waals surface area contributed by atoms with Crippen molar-refractivity contribution in [3.63, 3.8) is 0 Å². The molecular weight excluding hydrogens is 279 g/mol. The van der Waals surface area contributed by atoms with Crippen LogP contribution in [0.25, 0.3) is 0 Å². The minimum atomic E-state index is -1.10. The van der Waals surface area contributed by atoms with Gasteiger partial charge in [-0.1, -0.05) is 13.8 Å². The summed E-state index contributed by atoms with van der Waals surface area (Å²) < 4.78 is 18.0. The van der Waals surface area contributed by atoms with Crippen molar-refractivity contribution >= 4 is 17.7 Å². The zero-order chi connectivity index (χ0) is 16.0. The summed E-state index contributed by atoms with van der Waals surface area (Å²) >= 11 is 0. The van der Waals surface area contributed by atoms with E-state index in [9.17, 15) is 14.0 Å². The molecule has 1 rings (SSSR count). The molecule has 0 spiro atoms. The number of methoxy groups -OCH3 is 1. The average molecular weight is 298 g/mol. The van der Waals surface area contributed by atoms with Crippen molar-refractivity contribution in [2.24, 2.45) is 5.92 Å². The topological polar surface area (TPSA) is 87.7 Å². The smallest absolute Gasteiger partial charge is 0.326 e. The van der Waals surface area contributed by atoms with Crippen molar-refractivity contribution in [3.05, 3.63) is 24.0 Å². The Labute approximate surface area is 122 Å². The van der Waals surface area contributed by atoms with Crippen LogP contribution in [0.2, 0.25) is 0 Å². The monoisotopic (exact) mass is 298 g/mol. The molecule has 0 fully saturated rings. The van der Waals surface area contributed by atoms with Crippen molar-refractivity contribution < 1.29 is 23.8 Å². The molecule has 0 bridgehead atoms. The standard InChI is InChI=1S/C14H19FN2O4/c1-8(2)6-11(13(18)19)17-14(20)16-9-4-5-10(15)12(7-9)21-3/h4-5,7-8,11H,6H2,1-3H3,(H,18,19)(H2,16,17,20)/t11-/m0/s1. The molecule has 0 aliphatic carbocycles. The van der Waals surface area contributed by atoms with E-state index in [4.69, 9.17) is 9.84 Å². The molecule has 0 saturated carbocycles. The van der Waals surface area contributed by atoms with Gasteiger partial charge < -0.3 is 20.5 Å². The van der Waals surface area contributed by atoms with Gasteiger partial charge in [0, 0.05) is 11.8 Å². The Bertz CT molecular complexity index is 520. The highest BCUT2D eigenvalue weighted by molar-refractivity contribution is 5.92. The Morgan fingerprint density at radius 3 is 2.57 bits per heavy atom. The number of rotatable bonds is 6. The van der Waals surface area contributed by atoms with E-state index < -0.39 is 23.9 Å². The van der Waals surface area contributed by atoms with Crippen LogP contribution >= 0.6 is 0 Å². The van der Waals surface area contributed by atoms with E-state index in [0.717, 1.165) is 6.07 Å². The quantitative estimate of drug-likeness (QED) is 0.752. The normalized spacial score (nSPS) is 11.9. The van der Waals surface area contributed by atoms with Crippen LogP contribution in [0.4, 0.5) is 14.9 Å². The lowest BCUT2D eigenvalue weighted by molar-refractivity contribution is -0.139. The highest BCUT2D eigenvalue weighted by atomic mass is 19.1. The highest BCUT2D eigenvalue weighted by Crippen LogP contribution is 2.21. The molecule has 1 aromatic rings. The largest absolute Gasteiger partial charge is 0.494 e. The Morgan fingerprint density at radius 2 is 2.05 bits per heavy atom. The lowest BCUT2D eigenvalue weighted by atomic mass is 10.0. The number of ether oxygens (including phenoxy) is 1. The molecule has 0 radical (unpaired) electrons. The molecule has 1 atom stereocenters. The zero-order valence-electron chi connectivity index (χ0n) is 12.1. The van der Waals surface area contributed by atoms with Crippen LogP contribution in [0.15, 0.2) is 18.2 Å². The molecular formula is C14H19FN2O4. The fourth-order valence-corrected chi connectivity index (χ4v) is 1.76. The lowest BCUT2D eigenvalue weighted by Gasteiger charge is -2.17. The minimum absolute atomic E-state index is 0.00948. The van der Waals surface area contributed by atoms with Crippen LogP contribution in [0, 0.1) is 11.7 Å². The molecule has 0 unspecified atom stereocenters. The molecule has 2 amide bonds. The van der Waals surface area contributed by atoms with Crippen molar-refractivity contribution in [2.45, 2.75) is 26.3 Å². The number of nitrogens with one attached hydrogen (secondary N) is 2. The van der Waals surface area contributed by atoms with Crippen LogP contribution in [-0.2, 0) is 4.79 Å². The molecule has 7 heteroatoms. The van der Waals surface area contributed by atoms with E-state index in [2.05, 4.69) is 10.6 Å². The van der Waals surface area contributed by atoms with Crippen molar-refractivity contribution in [2.75, 3.05) is 12.4 Å². The van der Waals surface area contributed by atoms with Gasteiger partial charge in [-0.25, -0.2) is 14.0 Å². The summed E-state index contributed by atoms with van der Waals surface area (Å²) in [4.78, 5) is 22.8. The number of halogens is 1. The average Bonchev–Trinajstić information content (AvgIpc) is 2.39. The maximum absolute atomic E-state index is 13.2. The number of carbonyl (C=O) groups is 2. The van der Waals surface area contributed by atoms with E-state index in [-0.39, 0.29) is 11.7 Å². The second-order valence-electron chi connectivity index (χ2n) is 4.97. The molecule has 1 aromatic carbocycles. The number of carboxylic acid groups (broad SMARTS) is 1. The van der Waals surface area contributed by atoms with Crippen LogP contribution in [0.5, 0.6) is 5.75 Å². The first-order valence-electron chi connectivity index (χ1n) is 6.47. The van der Waals surface area contributed by atoms with Gasteiger partial charge in [-0.3, -0.25) is 0 Å². The second kappa shape index (κ2) is 7.47. The zero-order valence-corrected chi connectivity index (χ0v) is 12.1. The number of hydrogen-bond donors (Lipinski definition) is 3. The summed E-state index contributed by atoms with van der Waals surface area (Å²) in [5.41, 5.74) is 0.305. The van der Waals surface area contributed by atoms with Gasteiger partial charge in [0.25, 0.3) is 0 Å². The van der Waals surface area contributed by atoms with E-state index in [1.165, 1.54) is 19.2 Å². The van der Waals surface area contributed by atoms with Crippen LogP contribution in [-0.4, -0.2) is 30.3 Å². The van der Waals surface area contributed by atoms with E-state index in [0.29, 0.717) is 12.1 Å². The van der Waals surface area contributed by atoms with E-state index in [1.54, 1.807) is 0 Å². The van der Waals surface area contributed by atoms with Gasteiger partial charge in [0.15, 0.2) is 11.6 Å². The molecule has 116 valence electrons. The Hall–Kier alpha value is -2.31. The van der Waals surface area contributed by atoms with E-state index >= 15 is 0 Å². The highest BCUT2D eigenvalue weighted by Gasteiger charge is 2.21. The summed E-state index contributed by atoms with van der Waals surface area (Å²) in [6.45, 7) is 3.72. The van der Waals surface area contributed by atoms with Crippen LogP contribution < -0.4 is 15.4 Å². The van der Waals surface area contributed by atoms with Crippen molar-refractivity contribution in [1.82, 2.24) is 5.32 Å². The Balaban J connectivity index is 2.69. The predicted octanol–water partition coefficient (Wildman–Crippen LogP) is 2.46. The number of carboxylic acids is 1. The first-order valence-corrected chi connectivity index (χ1v) is 6.47. The molecule has 21 heavy (non-hydrogen) atoms. The van der Waals surface area contributed by atoms with Gasteiger partial charge >= 0.3 is 12.0 Å². The first-order chi connectivity index (χ1) is 9.83. The molecule has 3 N–H and O–H groups in total.